The summed E-state index contributed by atoms with van der Waals surface area (Å²) in [7, 11) is 0. The zero-order valence-electron chi connectivity index (χ0n) is 22.2. The van der Waals surface area contributed by atoms with Crippen molar-refractivity contribution in [2.45, 2.75) is 39.0 Å². The van der Waals surface area contributed by atoms with Gasteiger partial charge in [-0.1, -0.05) is 53.6 Å². The van der Waals surface area contributed by atoms with Gasteiger partial charge in [0.15, 0.2) is 11.6 Å². The summed E-state index contributed by atoms with van der Waals surface area (Å²) in [5.41, 5.74) is 4.28. The van der Waals surface area contributed by atoms with Gasteiger partial charge in [0.05, 0.1) is 17.5 Å². The number of rotatable bonds is 4. The van der Waals surface area contributed by atoms with Crippen LogP contribution in [0.5, 0.6) is 5.75 Å². The zero-order chi connectivity index (χ0) is 28.5. The summed E-state index contributed by atoms with van der Waals surface area (Å²) >= 11 is 6.34. The molecule has 4 aliphatic rings. The molecule has 7 heteroatoms. The number of nitrogens with zero attached hydrogens (tertiary/aromatic N) is 1. The number of para-hydroxylation sites is 1. The SMILES string of the molecule is C=CCc1cccc(C2C3=CCC4C(=O)N(c5ccc(C)c(Cl)c5)C(=O)C4C3CC3=C2C(=O)C(C)=CC3=O)c1O. The Morgan fingerprint density at radius 3 is 2.58 bits per heavy atom. The largest absolute Gasteiger partial charge is 0.507 e. The number of halogens is 1. The van der Waals surface area contributed by atoms with Crippen LogP contribution in [0.25, 0.3) is 0 Å². The fraction of sp³-hybridized carbons (Fsp3) is 0.273. The number of carbonyl (C=O) groups excluding carboxylic acids is 4. The Bertz CT molecular complexity index is 1640. The minimum atomic E-state index is -0.703. The highest BCUT2D eigenvalue weighted by Crippen LogP contribution is 2.56. The quantitative estimate of drug-likeness (QED) is 0.297. The van der Waals surface area contributed by atoms with Gasteiger partial charge in [0.1, 0.15) is 5.75 Å². The maximum Gasteiger partial charge on any atom is 0.238 e. The molecule has 1 N–H and O–H groups in total. The average molecular weight is 554 g/mol. The predicted molar refractivity (Wildman–Crippen MR) is 152 cm³/mol. The maximum atomic E-state index is 14.0. The molecular weight excluding hydrogens is 526 g/mol. The smallest absolute Gasteiger partial charge is 0.238 e. The van der Waals surface area contributed by atoms with Crippen LogP contribution in [0.1, 0.15) is 42.4 Å². The summed E-state index contributed by atoms with van der Waals surface area (Å²) in [6, 6.07) is 10.5. The first-order chi connectivity index (χ1) is 19.1. The number of phenolic OH excluding ortho intramolecular Hbond substituents is 1. The number of hydrogen-bond donors (Lipinski definition) is 1. The van der Waals surface area contributed by atoms with Crippen molar-refractivity contribution >= 4 is 40.7 Å². The van der Waals surface area contributed by atoms with E-state index in [-0.39, 0.29) is 35.6 Å². The van der Waals surface area contributed by atoms with Crippen molar-refractivity contribution in [2.24, 2.45) is 17.8 Å². The molecular formula is C33H28ClNO5. The molecule has 1 fully saturated rings. The summed E-state index contributed by atoms with van der Waals surface area (Å²) in [6.07, 6.45) is 5.92. The van der Waals surface area contributed by atoms with E-state index in [0.717, 1.165) is 11.1 Å². The van der Waals surface area contributed by atoms with Gasteiger partial charge in [0.25, 0.3) is 0 Å². The first-order valence-corrected chi connectivity index (χ1v) is 13.8. The third kappa shape index (κ3) is 3.77. The van der Waals surface area contributed by atoms with Crippen LogP contribution >= 0.6 is 11.6 Å². The molecule has 0 radical (unpaired) electrons. The van der Waals surface area contributed by atoms with E-state index in [9.17, 15) is 24.3 Å². The van der Waals surface area contributed by atoms with E-state index in [1.54, 1.807) is 43.3 Å². The van der Waals surface area contributed by atoms with Crippen molar-refractivity contribution in [3.63, 3.8) is 0 Å². The number of carbonyl (C=O) groups is 4. The monoisotopic (exact) mass is 553 g/mol. The fourth-order valence-corrected chi connectivity index (χ4v) is 7.03. The molecule has 0 saturated carbocycles. The second-order valence-corrected chi connectivity index (χ2v) is 11.4. The van der Waals surface area contributed by atoms with Crippen LogP contribution in [0.4, 0.5) is 5.69 Å². The number of amides is 2. The lowest BCUT2D eigenvalue weighted by Crippen LogP contribution is -2.39. The second kappa shape index (κ2) is 9.56. The maximum absolute atomic E-state index is 14.0. The molecule has 0 bridgehead atoms. The van der Waals surface area contributed by atoms with Gasteiger partial charge in [-0.2, -0.15) is 0 Å². The Labute approximate surface area is 237 Å². The summed E-state index contributed by atoms with van der Waals surface area (Å²) < 4.78 is 0. The highest BCUT2D eigenvalue weighted by atomic mass is 35.5. The Morgan fingerprint density at radius 2 is 1.85 bits per heavy atom. The summed E-state index contributed by atoms with van der Waals surface area (Å²) in [6.45, 7) is 7.25. The van der Waals surface area contributed by atoms with E-state index >= 15 is 0 Å². The molecule has 1 saturated heterocycles. The van der Waals surface area contributed by atoms with Crippen molar-refractivity contribution in [3.05, 3.63) is 105 Å². The highest BCUT2D eigenvalue weighted by Gasteiger charge is 2.56. The first-order valence-electron chi connectivity index (χ1n) is 13.4. The normalized spacial score (nSPS) is 25.8. The number of aromatic hydroxyl groups is 1. The molecule has 40 heavy (non-hydrogen) atoms. The van der Waals surface area contributed by atoms with Crippen molar-refractivity contribution in [1.29, 1.82) is 0 Å². The van der Waals surface area contributed by atoms with Crippen LogP contribution in [0.3, 0.4) is 0 Å². The predicted octanol–water partition coefficient (Wildman–Crippen LogP) is 5.72. The van der Waals surface area contributed by atoms with Crippen LogP contribution in [0, 0.1) is 24.7 Å². The lowest BCUT2D eigenvalue weighted by molar-refractivity contribution is -0.123. The minimum absolute atomic E-state index is 0.0418. The highest BCUT2D eigenvalue weighted by molar-refractivity contribution is 6.32. The molecule has 4 unspecified atom stereocenters. The van der Waals surface area contributed by atoms with Gasteiger partial charge >= 0.3 is 0 Å². The van der Waals surface area contributed by atoms with Gasteiger partial charge in [0.2, 0.25) is 11.8 Å². The van der Waals surface area contributed by atoms with Crippen molar-refractivity contribution < 1.29 is 24.3 Å². The fourth-order valence-electron chi connectivity index (χ4n) is 6.86. The van der Waals surface area contributed by atoms with Crippen molar-refractivity contribution in [1.82, 2.24) is 0 Å². The third-order valence-corrected chi connectivity index (χ3v) is 9.21. The number of fused-ring (bicyclic) bond motifs is 3. The van der Waals surface area contributed by atoms with Crippen LogP contribution in [-0.4, -0.2) is 28.5 Å². The average Bonchev–Trinajstić information content (AvgIpc) is 3.19. The molecule has 6 nitrogen and oxygen atoms in total. The lowest BCUT2D eigenvalue weighted by Gasteiger charge is -2.42. The molecule has 0 aromatic heterocycles. The van der Waals surface area contributed by atoms with Crippen molar-refractivity contribution in [3.8, 4) is 5.75 Å². The first kappa shape index (κ1) is 26.2. The summed E-state index contributed by atoms with van der Waals surface area (Å²) in [5.74, 6) is -3.55. The van der Waals surface area contributed by atoms with E-state index in [2.05, 4.69) is 6.58 Å². The Kier molecular flexibility index (Phi) is 6.26. The standard InChI is InChI=1S/C33H28ClNO5/c1-4-6-18-7-5-8-21(31(18)38)27-20-11-12-22-28(23(20)15-24-26(36)13-17(3)30(37)29(24)27)33(40)35(32(22)39)19-10-9-16(2)25(34)14-19/h4-5,7-11,13-14,22-23,27-28,38H,1,6,12,15H2,2-3H3. The molecule has 2 aromatic rings. The lowest BCUT2D eigenvalue weighted by atomic mass is 9.59. The minimum Gasteiger partial charge on any atom is -0.507 e. The van der Waals surface area contributed by atoms with Gasteiger partial charge < -0.3 is 5.11 Å². The van der Waals surface area contributed by atoms with Crippen molar-refractivity contribution in [2.75, 3.05) is 4.90 Å². The van der Waals surface area contributed by atoms with Gasteiger partial charge in [-0.25, -0.2) is 4.90 Å². The molecule has 2 amide bonds. The molecule has 6 rings (SSSR count). The van der Waals surface area contributed by atoms with E-state index in [1.165, 1.54) is 11.0 Å². The van der Waals surface area contributed by atoms with E-state index in [0.29, 0.717) is 51.4 Å². The Morgan fingerprint density at radius 1 is 1.07 bits per heavy atom. The zero-order valence-corrected chi connectivity index (χ0v) is 23.0. The van der Waals surface area contributed by atoms with Gasteiger partial charge in [-0.3, -0.25) is 19.2 Å². The van der Waals surface area contributed by atoms with Crippen LogP contribution in [0.15, 0.2) is 83.5 Å². The van der Waals surface area contributed by atoms with E-state index < -0.39 is 23.7 Å². The van der Waals surface area contributed by atoms with Gasteiger partial charge in [-0.05, 0) is 68.4 Å². The van der Waals surface area contributed by atoms with Gasteiger partial charge in [0, 0.05) is 33.2 Å². The second-order valence-electron chi connectivity index (χ2n) is 11.0. The number of phenols is 1. The number of benzene rings is 2. The Balaban J connectivity index is 1.50. The molecule has 1 aliphatic heterocycles. The number of aryl methyl sites for hydroxylation is 1. The third-order valence-electron chi connectivity index (χ3n) is 8.80. The molecule has 202 valence electrons. The summed E-state index contributed by atoms with van der Waals surface area (Å²) in [5, 5.41) is 11.8. The number of imide groups is 1. The molecule has 1 heterocycles. The topological polar surface area (TPSA) is 91.8 Å². The van der Waals surface area contributed by atoms with E-state index in [4.69, 9.17) is 11.6 Å². The number of anilines is 1. The van der Waals surface area contributed by atoms with Crippen LogP contribution in [-0.2, 0) is 25.6 Å². The van der Waals surface area contributed by atoms with Crippen LogP contribution in [0.2, 0.25) is 5.02 Å². The molecule has 0 spiro atoms. The van der Waals surface area contributed by atoms with Gasteiger partial charge in [-0.15, -0.1) is 6.58 Å². The van der Waals surface area contributed by atoms with E-state index in [1.807, 2.05) is 19.1 Å². The molecule has 3 aliphatic carbocycles. The number of hydrogen-bond acceptors (Lipinski definition) is 5. The molecule has 2 aromatic carbocycles. The van der Waals surface area contributed by atoms with Crippen LogP contribution < -0.4 is 4.90 Å². The summed E-state index contributed by atoms with van der Waals surface area (Å²) in [4.78, 5) is 55.8. The number of allylic oxidation sites excluding steroid dienone is 7. The molecule has 4 atom stereocenters. The Hall–Kier alpha value is -4.03. The number of ketones is 2. The number of Topliss-reactive ketones (excluding diaryl/α,β-unsaturated/α-hetero) is 1.